The Hall–Kier alpha value is -4.08. The molecule has 1 aromatic heterocycles. The van der Waals surface area contributed by atoms with Crippen LogP contribution in [0.15, 0.2) is 78.9 Å². The van der Waals surface area contributed by atoms with Gasteiger partial charge in [0.2, 0.25) is 5.82 Å². The minimum Gasteiger partial charge on any atom is -0.508 e. The van der Waals surface area contributed by atoms with E-state index >= 15 is 0 Å². The van der Waals surface area contributed by atoms with Gasteiger partial charge in [-0.25, -0.2) is 0 Å². The van der Waals surface area contributed by atoms with Gasteiger partial charge in [-0.05, 0) is 46.9 Å². The Kier molecular flexibility index (Phi) is 8.60. The number of phenolic OH excluding ortho intramolecular Hbond substituents is 1. The minimum absolute atomic E-state index is 0.0166. The van der Waals surface area contributed by atoms with Crippen LogP contribution >= 0.6 is 0 Å². The summed E-state index contributed by atoms with van der Waals surface area (Å²) >= 11 is 0. The number of aryl methyl sites for hydroxylation is 1. The van der Waals surface area contributed by atoms with E-state index in [1.165, 1.54) is 10.4 Å². The van der Waals surface area contributed by atoms with Crippen LogP contribution in [0.3, 0.4) is 0 Å². The molecule has 1 fully saturated rings. The molecule has 3 aromatic carbocycles. The predicted octanol–water partition coefficient (Wildman–Crippen LogP) is 4.21. The van der Waals surface area contributed by atoms with E-state index in [2.05, 4.69) is 73.7 Å². The fourth-order valence-electron chi connectivity index (χ4n) is 5.13. The Balaban J connectivity index is 1.28. The number of aromatic hydroxyl groups is 1. The SMILES string of the molecule is O=C(O)CCCCn1nnc(-c2ccc([C@@H](c3cccc(O)c3)N3CCN(Cc4ccccc4)CC3)cc2)n1. The maximum absolute atomic E-state index is 10.7. The summed E-state index contributed by atoms with van der Waals surface area (Å²) in [6.07, 6.45) is 1.41. The molecule has 0 amide bonds. The van der Waals surface area contributed by atoms with E-state index in [1.54, 1.807) is 6.07 Å². The Morgan fingerprint density at radius 3 is 2.36 bits per heavy atom. The third-order valence-corrected chi connectivity index (χ3v) is 7.14. The van der Waals surface area contributed by atoms with Gasteiger partial charge in [0.1, 0.15) is 5.75 Å². The highest BCUT2D eigenvalue weighted by molar-refractivity contribution is 5.66. The zero-order valence-electron chi connectivity index (χ0n) is 21.9. The van der Waals surface area contributed by atoms with Gasteiger partial charge in [-0.3, -0.25) is 14.6 Å². The van der Waals surface area contributed by atoms with Gasteiger partial charge in [-0.15, -0.1) is 10.2 Å². The van der Waals surface area contributed by atoms with Gasteiger partial charge in [0.05, 0.1) is 12.6 Å². The first-order valence-corrected chi connectivity index (χ1v) is 13.4. The van der Waals surface area contributed by atoms with Gasteiger partial charge >= 0.3 is 5.97 Å². The normalized spacial score (nSPS) is 15.3. The highest BCUT2D eigenvalue weighted by Crippen LogP contribution is 2.32. The van der Waals surface area contributed by atoms with Crippen molar-refractivity contribution >= 4 is 5.97 Å². The summed E-state index contributed by atoms with van der Waals surface area (Å²) in [7, 11) is 0. The second kappa shape index (κ2) is 12.6. The smallest absolute Gasteiger partial charge is 0.303 e. The highest BCUT2D eigenvalue weighted by Gasteiger charge is 2.27. The van der Waals surface area contributed by atoms with Crippen molar-refractivity contribution in [3.05, 3.63) is 95.6 Å². The second-order valence-electron chi connectivity index (χ2n) is 9.98. The van der Waals surface area contributed by atoms with Gasteiger partial charge in [-0.2, -0.15) is 4.80 Å². The number of carboxylic acids is 1. The zero-order chi connectivity index (χ0) is 27.0. The number of nitrogens with zero attached hydrogens (tertiary/aromatic N) is 6. The Labute approximate surface area is 228 Å². The van der Waals surface area contributed by atoms with E-state index in [-0.39, 0.29) is 18.2 Å². The van der Waals surface area contributed by atoms with Crippen molar-refractivity contribution < 1.29 is 15.0 Å². The lowest BCUT2D eigenvalue weighted by Crippen LogP contribution is -2.47. The summed E-state index contributed by atoms with van der Waals surface area (Å²) in [4.78, 5) is 17.2. The van der Waals surface area contributed by atoms with Gasteiger partial charge in [0.15, 0.2) is 0 Å². The summed E-state index contributed by atoms with van der Waals surface area (Å²) in [6.45, 7) is 5.28. The number of carboxylic acid groups (broad SMARTS) is 1. The van der Waals surface area contributed by atoms with Crippen molar-refractivity contribution in [2.45, 2.75) is 38.4 Å². The van der Waals surface area contributed by atoms with Crippen molar-refractivity contribution in [3.8, 4) is 17.1 Å². The van der Waals surface area contributed by atoms with Crippen LogP contribution in [0.2, 0.25) is 0 Å². The Morgan fingerprint density at radius 1 is 0.872 bits per heavy atom. The van der Waals surface area contributed by atoms with E-state index in [0.717, 1.165) is 49.4 Å². The van der Waals surface area contributed by atoms with Crippen molar-refractivity contribution in [1.29, 1.82) is 0 Å². The molecule has 39 heavy (non-hydrogen) atoms. The lowest BCUT2D eigenvalue weighted by Gasteiger charge is -2.40. The number of hydrogen-bond acceptors (Lipinski definition) is 7. The van der Waals surface area contributed by atoms with Crippen LogP contribution in [0.1, 0.15) is 42.0 Å². The summed E-state index contributed by atoms with van der Waals surface area (Å²) in [6, 6.07) is 26.4. The van der Waals surface area contributed by atoms with Crippen LogP contribution in [0, 0.1) is 0 Å². The number of phenols is 1. The molecule has 0 saturated carbocycles. The number of carbonyl (C=O) groups is 1. The molecule has 9 heteroatoms. The zero-order valence-corrected chi connectivity index (χ0v) is 21.9. The van der Waals surface area contributed by atoms with Crippen LogP contribution in [0.5, 0.6) is 5.75 Å². The van der Waals surface area contributed by atoms with E-state index < -0.39 is 5.97 Å². The van der Waals surface area contributed by atoms with Crippen LogP contribution < -0.4 is 0 Å². The Bertz CT molecular complexity index is 1350. The first-order chi connectivity index (χ1) is 19.0. The van der Waals surface area contributed by atoms with Gasteiger partial charge in [0.25, 0.3) is 0 Å². The molecule has 5 rings (SSSR count). The van der Waals surface area contributed by atoms with E-state index in [9.17, 15) is 9.90 Å². The standard InChI is InChI=1S/C30H34N6O3/c37-27-10-6-9-26(21-27)29(35-19-17-34(18-20-35)22-23-7-2-1-3-8-23)24-12-14-25(15-13-24)30-31-33-36(32-30)16-5-4-11-28(38)39/h1-3,6-10,12-15,21,29,37H,4-5,11,16-20,22H2,(H,38,39)/t29-/m0/s1. The number of rotatable bonds is 11. The average molecular weight is 527 g/mol. The molecule has 0 aliphatic carbocycles. The molecule has 4 aromatic rings. The molecule has 1 atom stereocenters. The Morgan fingerprint density at radius 2 is 1.64 bits per heavy atom. The molecule has 9 nitrogen and oxygen atoms in total. The molecule has 0 bridgehead atoms. The number of hydrogen-bond donors (Lipinski definition) is 2. The monoisotopic (exact) mass is 526 g/mol. The number of aromatic nitrogens is 4. The maximum atomic E-state index is 10.7. The fraction of sp³-hybridized carbons (Fsp3) is 0.333. The first-order valence-electron chi connectivity index (χ1n) is 13.4. The molecular formula is C30H34N6O3. The van der Waals surface area contributed by atoms with E-state index in [4.69, 9.17) is 5.11 Å². The van der Waals surface area contributed by atoms with Crippen molar-refractivity contribution in [1.82, 2.24) is 30.0 Å². The van der Waals surface area contributed by atoms with E-state index in [1.807, 2.05) is 24.3 Å². The fourth-order valence-corrected chi connectivity index (χ4v) is 5.13. The minimum atomic E-state index is -0.791. The highest BCUT2D eigenvalue weighted by atomic mass is 16.4. The topological polar surface area (TPSA) is 108 Å². The summed E-state index contributed by atoms with van der Waals surface area (Å²) < 4.78 is 0. The lowest BCUT2D eigenvalue weighted by atomic mass is 9.95. The van der Waals surface area contributed by atoms with Crippen LogP contribution in [0.25, 0.3) is 11.4 Å². The summed E-state index contributed by atoms with van der Waals surface area (Å²) in [5.41, 5.74) is 4.40. The van der Waals surface area contributed by atoms with Gasteiger partial charge in [-0.1, -0.05) is 66.7 Å². The summed E-state index contributed by atoms with van der Waals surface area (Å²) in [5, 5.41) is 31.8. The third kappa shape index (κ3) is 7.07. The molecular weight excluding hydrogens is 492 g/mol. The maximum Gasteiger partial charge on any atom is 0.303 e. The molecule has 0 spiro atoms. The van der Waals surface area contributed by atoms with Crippen LogP contribution in [0.4, 0.5) is 0 Å². The molecule has 2 heterocycles. The largest absolute Gasteiger partial charge is 0.508 e. The summed E-state index contributed by atoms with van der Waals surface area (Å²) in [5.74, 6) is 0.0182. The number of unbranched alkanes of at least 4 members (excludes halogenated alkanes) is 1. The van der Waals surface area contributed by atoms with Crippen molar-refractivity contribution in [3.63, 3.8) is 0 Å². The van der Waals surface area contributed by atoms with Gasteiger partial charge in [0, 0.05) is 44.7 Å². The molecule has 1 aliphatic rings. The molecule has 0 radical (unpaired) electrons. The predicted molar refractivity (Wildman–Crippen MR) is 148 cm³/mol. The van der Waals surface area contributed by atoms with E-state index in [0.29, 0.717) is 25.2 Å². The van der Waals surface area contributed by atoms with Crippen molar-refractivity contribution in [2.75, 3.05) is 26.2 Å². The average Bonchev–Trinajstić information content (AvgIpc) is 3.42. The molecule has 1 saturated heterocycles. The van der Waals surface area contributed by atoms with Crippen LogP contribution in [-0.2, 0) is 17.9 Å². The van der Waals surface area contributed by atoms with Crippen LogP contribution in [-0.4, -0.2) is 72.4 Å². The van der Waals surface area contributed by atoms with Crippen molar-refractivity contribution in [2.24, 2.45) is 0 Å². The molecule has 202 valence electrons. The third-order valence-electron chi connectivity index (χ3n) is 7.14. The number of benzene rings is 3. The molecule has 1 aliphatic heterocycles. The molecule has 0 unspecified atom stereocenters. The lowest BCUT2D eigenvalue weighted by molar-refractivity contribution is -0.137. The number of aliphatic carboxylic acids is 1. The quantitative estimate of drug-likeness (QED) is 0.280. The number of piperazine rings is 1. The van der Waals surface area contributed by atoms with Gasteiger partial charge < -0.3 is 10.2 Å². The number of tetrazole rings is 1. The first kappa shape index (κ1) is 26.5. The molecule has 2 N–H and O–H groups in total. The second-order valence-corrected chi connectivity index (χ2v) is 9.98.